The molecular formula is C16H16N2O6S2. The van der Waals surface area contributed by atoms with Gasteiger partial charge in [0.05, 0.1) is 0 Å². The first-order valence-corrected chi connectivity index (χ1v) is 9.40. The molecule has 0 saturated carbocycles. The molecule has 1 aromatic rings. The third-order valence-electron chi connectivity index (χ3n) is 4.04. The Morgan fingerprint density at radius 3 is 2.65 bits per heavy atom. The van der Waals surface area contributed by atoms with Crippen LogP contribution in [-0.2, 0) is 30.3 Å². The first kappa shape index (κ1) is 18.6. The van der Waals surface area contributed by atoms with Gasteiger partial charge in [0.25, 0.3) is 0 Å². The predicted molar refractivity (Wildman–Crippen MR) is 93.8 cm³/mol. The number of carbonyl (C=O) groups is 4. The Labute approximate surface area is 157 Å². The van der Waals surface area contributed by atoms with E-state index in [0.29, 0.717) is 0 Å². The molecule has 3 atom stereocenters. The first-order valence-electron chi connectivity index (χ1n) is 7.65. The topological polar surface area (TPSA) is 127 Å². The zero-order valence-electron chi connectivity index (χ0n) is 13.9. The van der Waals surface area contributed by atoms with E-state index < -0.39 is 39.7 Å². The quantitative estimate of drug-likeness (QED) is 0.427. The molecule has 26 heavy (non-hydrogen) atoms. The van der Waals surface area contributed by atoms with E-state index in [2.05, 4.69) is 0 Å². The Morgan fingerprint density at radius 2 is 2.12 bits per heavy atom. The monoisotopic (exact) mass is 396 g/mol. The summed E-state index contributed by atoms with van der Waals surface area (Å²) >= 11 is 2.44. The highest BCUT2D eigenvalue weighted by Crippen LogP contribution is 2.50. The van der Waals surface area contributed by atoms with E-state index in [4.69, 9.17) is 10.5 Å². The van der Waals surface area contributed by atoms with Crippen LogP contribution in [0.5, 0.6) is 0 Å². The highest BCUT2D eigenvalue weighted by atomic mass is 32.2. The second kappa shape index (κ2) is 6.53. The summed E-state index contributed by atoms with van der Waals surface area (Å²) in [6, 6.07) is 3.61. The molecular weight excluding hydrogens is 380 g/mol. The lowest BCUT2D eigenvalue weighted by atomic mass is 9.89. The van der Waals surface area contributed by atoms with Crippen molar-refractivity contribution in [2.45, 2.75) is 30.5 Å². The number of carbonyl (C=O) groups excluding carboxylic acids is 3. The molecule has 0 aliphatic carbocycles. The van der Waals surface area contributed by atoms with Gasteiger partial charge in [-0.2, -0.15) is 0 Å². The molecule has 0 aromatic carbocycles. The average molecular weight is 396 g/mol. The molecule has 3 rings (SSSR count). The van der Waals surface area contributed by atoms with Crippen molar-refractivity contribution in [3.63, 3.8) is 0 Å². The summed E-state index contributed by atoms with van der Waals surface area (Å²) < 4.78 is 5.00. The number of carboxylic acids is 1. The zero-order valence-corrected chi connectivity index (χ0v) is 15.6. The summed E-state index contributed by atoms with van der Waals surface area (Å²) in [5.41, 5.74) is 5.66. The fraction of sp³-hybridized carbons (Fsp3) is 0.375. The molecule has 10 heteroatoms. The lowest BCUT2D eigenvalue weighted by Gasteiger charge is -2.52. The van der Waals surface area contributed by atoms with E-state index in [-0.39, 0.29) is 18.0 Å². The van der Waals surface area contributed by atoms with Gasteiger partial charge in [-0.05, 0) is 18.4 Å². The zero-order chi connectivity index (χ0) is 19.2. The summed E-state index contributed by atoms with van der Waals surface area (Å²) in [7, 11) is 0. The minimum atomic E-state index is -1.44. The summed E-state index contributed by atoms with van der Waals surface area (Å²) in [6.07, 6.45) is 0.100. The van der Waals surface area contributed by atoms with Gasteiger partial charge >= 0.3 is 11.9 Å². The molecule has 1 amide bonds. The normalized spacial score (nSPS) is 27.7. The van der Waals surface area contributed by atoms with E-state index in [9.17, 15) is 24.3 Å². The van der Waals surface area contributed by atoms with Crippen molar-refractivity contribution in [3.05, 3.63) is 33.8 Å². The number of thiophene rings is 1. The Kier molecular flexibility index (Phi) is 4.67. The van der Waals surface area contributed by atoms with Crippen molar-refractivity contribution in [2.24, 2.45) is 11.7 Å². The third kappa shape index (κ3) is 3.04. The number of Topliss-reactive ketones (excluding diaryl/α,β-unsaturated/α-hetero) is 1. The van der Waals surface area contributed by atoms with E-state index >= 15 is 0 Å². The maximum Gasteiger partial charge on any atom is 0.356 e. The van der Waals surface area contributed by atoms with E-state index in [1.54, 1.807) is 6.07 Å². The second-order valence-corrected chi connectivity index (χ2v) is 8.70. The number of ether oxygens (including phenoxy) is 1. The van der Waals surface area contributed by atoms with Crippen LogP contribution in [-0.4, -0.2) is 43.9 Å². The van der Waals surface area contributed by atoms with Gasteiger partial charge < -0.3 is 15.6 Å². The molecule has 138 valence electrons. The third-order valence-corrected chi connectivity index (χ3v) is 6.32. The van der Waals surface area contributed by atoms with Gasteiger partial charge in [0, 0.05) is 18.2 Å². The largest absolute Gasteiger partial charge is 0.476 e. The van der Waals surface area contributed by atoms with Gasteiger partial charge in [-0.3, -0.25) is 19.3 Å². The minimum Gasteiger partial charge on any atom is -0.476 e. The lowest BCUT2D eigenvalue weighted by molar-refractivity contribution is -0.158. The predicted octanol–water partition coefficient (Wildman–Crippen LogP) is 0.925. The molecule has 0 spiro atoms. The van der Waals surface area contributed by atoms with Gasteiger partial charge in [0.2, 0.25) is 5.91 Å². The van der Waals surface area contributed by atoms with Gasteiger partial charge in [-0.25, -0.2) is 4.79 Å². The van der Waals surface area contributed by atoms with E-state index in [1.165, 1.54) is 18.3 Å². The molecule has 0 bridgehead atoms. The van der Waals surface area contributed by atoms with Crippen molar-refractivity contribution in [1.82, 2.24) is 4.90 Å². The fourth-order valence-corrected chi connectivity index (χ4v) is 5.14. The summed E-state index contributed by atoms with van der Waals surface area (Å²) in [5, 5.41) is 10.6. The van der Waals surface area contributed by atoms with Crippen LogP contribution in [0.4, 0.5) is 0 Å². The van der Waals surface area contributed by atoms with Gasteiger partial charge in [-0.1, -0.05) is 6.07 Å². The standard InChI is InChI=1S/C16H16N2O6S2/c1-7(19)24-12-11(15(22)23)18-13(21)10(14(18)26-16(12,2)17)9(20)6-8-4-3-5-25-8/h3-5,10,14H,6,17H2,1-2H3,(H,22,23)/t10?,14-,16?/m1/s1. The smallest absolute Gasteiger partial charge is 0.356 e. The summed E-state index contributed by atoms with van der Waals surface area (Å²) in [4.78, 5) is 48.6. The number of rotatable bonds is 5. The van der Waals surface area contributed by atoms with E-state index in [1.807, 2.05) is 11.4 Å². The van der Waals surface area contributed by atoms with Crippen molar-refractivity contribution in [1.29, 1.82) is 0 Å². The molecule has 3 heterocycles. The highest BCUT2D eigenvalue weighted by Gasteiger charge is 2.61. The summed E-state index contributed by atoms with van der Waals surface area (Å²) in [5.74, 6) is -4.37. The number of amides is 1. The Morgan fingerprint density at radius 1 is 1.42 bits per heavy atom. The minimum absolute atomic E-state index is 0.100. The summed E-state index contributed by atoms with van der Waals surface area (Å²) in [6.45, 7) is 2.60. The Bertz CT molecular complexity index is 830. The first-order chi connectivity index (χ1) is 12.1. The number of hydrogen-bond donors (Lipinski definition) is 2. The van der Waals surface area contributed by atoms with Crippen LogP contribution in [0.1, 0.15) is 18.7 Å². The van der Waals surface area contributed by atoms with E-state index in [0.717, 1.165) is 28.5 Å². The number of fused-ring (bicyclic) bond motifs is 1. The van der Waals surface area contributed by atoms with Gasteiger partial charge in [0.1, 0.15) is 16.2 Å². The van der Waals surface area contributed by atoms with Gasteiger partial charge in [0.15, 0.2) is 17.2 Å². The maximum atomic E-state index is 12.6. The number of esters is 1. The fourth-order valence-electron chi connectivity index (χ4n) is 2.96. The number of nitrogens with two attached hydrogens (primary N) is 1. The van der Waals surface area contributed by atoms with Crippen molar-refractivity contribution in [2.75, 3.05) is 0 Å². The van der Waals surface area contributed by atoms with Crippen LogP contribution in [0.25, 0.3) is 0 Å². The molecule has 2 aliphatic heterocycles. The molecule has 3 N–H and O–H groups in total. The molecule has 8 nitrogen and oxygen atoms in total. The molecule has 1 fully saturated rings. The molecule has 1 saturated heterocycles. The SMILES string of the molecule is CC(=O)OC1=C(C(=O)O)N2C(=O)C(C(=O)Cc3cccs3)[C@H]2SC1(C)N. The molecule has 1 aromatic heterocycles. The van der Waals surface area contributed by atoms with Crippen LogP contribution in [0.3, 0.4) is 0 Å². The average Bonchev–Trinajstić information content (AvgIpc) is 3.01. The van der Waals surface area contributed by atoms with Crippen molar-refractivity contribution >= 4 is 46.7 Å². The maximum absolute atomic E-state index is 12.6. The van der Waals surface area contributed by atoms with Crippen LogP contribution >= 0.6 is 23.1 Å². The highest BCUT2D eigenvalue weighted by molar-refractivity contribution is 8.01. The Balaban J connectivity index is 1.93. The van der Waals surface area contributed by atoms with Crippen LogP contribution in [0.2, 0.25) is 0 Å². The number of nitrogens with zero attached hydrogens (tertiary/aromatic N) is 1. The number of ketones is 1. The number of aliphatic carboxylic acids is 1. The van der Waals surface area contributed by atoms with Crippen molar-refractivity contribution < 1.29 is 29.0 Å². The lowest BCUT2D eigenvalue weighted by Crippen LogP contribution is -2.67. The number of hydrogen-bond acceptors (Lipinski definition) is 8. The Hall–Kier alpha value is -2.17. The number of thioether (sulfide) groups is 1. The molecule has 0 radical (unpaired) electrons. The molecule has 2 aliphatic rings. The van der Waals surface area contributed by atoms with Gasteiger partial charge in [-0.15, -0.1) is 23.1 Å². The number of carboxylic acid groups (broad SMARTS) is 1. The van der Waals surface area contributed by atoms with Crippen LogP contribution in [0, 0.1) is 5.92 Å². The second-order valence-electron chi connectivity index (χ2n) is 6.10. The van der Waals surface area contributed by atoms with Crippen LogP contribution in [0.15, 0.2) is 29.0 Å². The van der Waals surface area contributed by atoms with Crippen molar-refractivity contribution in [3.8, 4) is 0 Å². The molecule has 2 unspecified atom stereocenters. The number of β-lactam (4-membered cyclic amide) rings is 1. The van der Waals surface area contributed by atoms with Crippen LogP contribution < -0.4 is 5.73 Å².